The van der Waals surface area contributed by atoms with Gasteiger partial charge in [0.25, 0.3) is 0 Å². The lowest BCUT2D eigenvalue weighted by molar-refractivity contribution is -0.147. The Kier molecular flexibility index (Phi) is 5.38. The molecule has 0 spiro atoms. The van der Waals surface area contributed by atoms with Crippen LogP contribution in [0.5, 0.6) is 0 Å². The number of allylic oxidation sites excluding steroid dienone is 4. The van der Waals surface area contributed by atoms with E-state index in [4.69, 9.17) is 0 Å². The summed E-state index contributed by atoms with van der Waals surface area (Å²) in [5, 5.41) is 10.5. The number of hydrogen-bond donors (Lipinski definition) is 1. The summed E-state index contributed by atoms with van der Waals surface area (Å²) in [5.41, 5.74) is 3.38. The van der Waals surface area contributed by atoms with Crippen LogP contribution in [0, 0.1) is 25.2 Å². The summed E-state index contributed by atoms with van der Waals surface area (Å²) in [4.78, 5) is 8.32. The van der Waals surface area contributed by atoms with Gasteiger partial charge in [-0.3, -0.25) is 9.55 Å². The summed E-state index contributed by atoms with van der Waals surface area (Å²) in [7, 11) is -4.48. The van der Waals surface area contributed by atoms with Crippen LogP contribution in [-0.4, -0.2) is 35.2 Å². The number of nitriles is 1. The van der Waals surface area contributed by atoms with Gasteiger partial charge in [-0.25, -0.2) is 13.4 Å². The zero-order valence-corrected chi connectivity index (χ0v) is 18.6. The van der Waals surface area contributed by atoms with Gasteiger partial charge in [0.05, 0.1) is 17.0 Å². The number of pyridine rings is 2. The fourth-order valence-corrected chi connectivity index (χ4v) is 4.93. The molecule has 1 atom stereocenters. The lowest BCUT2D eigenvalue weighted by atomic mass is 10.1. The van der Waals surface area contributed by atoms with Gasteiger partial charge in [0.15, 0.2) is 0 Å². The molecule has 1 unspecified atom stereocenters. The fourth-order valence-electron chi connectivity index (χ4n) is 3.53. The Labute approximate surface area is 187 Å². The molecule has 4 rings (SSSR count). The van der Waals surface area contributed by atoms with E-state index in [1.54, 1.807) is 15.5 Å². The number of aryl methyl sites for hydroxylation is 2. The second-order valence-electron chi connectivity index (χ2n) is 7.72. The van der Waals surface area contributed by atoms with Crippen LogP contribution in [0.2, 0.25) is 0 Å². The number of nitrogens with one attached hydrogen (secondary N) is 1. The van der Waals surface area contributed by atoms with Gasteiger partial charge in [-0.15, -0.1) is 0 Å². The summed E-state index contributed by atoms with van der Waals surface area (Å²) < 4.78 is 67.1. The first kappa shape index (κ1) is 22.7. The summed E-state index contributed by atoms with van der Waals surface area (Å²) in [6.07, 6.45) is 3.44. The third-order valence-electron chi connectivity index (χ3n) is 5.27. The molecule has 1 N–H and O–H groups in total. The number of aromatic nitrogens is 3. The average Bonchev–Trinajstić information content (AvgIpc) is 2.98. The molecule has 33 heavy (non-hydrogen) atoms. The summed E-state index contributed by atoms with van der Waals surface area (Å²) >= 11 is 0. The zero-order valence-electron chi connectivity index (χ0n) is 17.8. The van der Waals surface area contributed by atoms with Gasteiger partial charge < -0.3 is 0 Å². The monoisotopic (exact) mass is 473 g/mol. The van der Waals surface area contributed by atoms with Crippen LogP contribution in [0.3, 0.4) is 0 Å². The Hall–Kier alpha value is -3.49. The lowest BCUT2D eigenvalue weighted by Crippen LogP contribution is -2.43. The first-order valence-electron chi connectivity index (χ1n) is 9.80. The average molecular weight is 473 g/mol. The molecule has 0 saturated heterocycles. The minimum atomic E-state index is -4.73. The van der Waals surface area contributed by atoms with E-state index in [0.29, 0.717) is 28.0 Å². The fraction of sp³-hybridized carbons (Fsp3) is 0.227. The van der Waals surface area contributed by atoms with Crippen LogP contribution in [0.15, 0.2) is 47.6 Å². The Morgan fingerprint density at radius 2 is 1.88 bits per heavy atom. The SMILES string of the molecule is Cc1cnc2c(c1)c(C#N)c(-c1cc(C)c(S(=O)(=O)NC(C)C(F)(F)F)cn1)n2C1=CC=C1. The topological polar surface area (TPSA) is 101 Å². The van der Waals surface area contributed by atoms with Crippen molar-refractivity contribution in [1.29, 1.82) is 5.26 Å². The first-order chi connectivity index (χ1) is 15.4. The van der Waals surface area contributed by atoms with E-state index >= 15 is 0 Å². The van der Waals surface area contributed by atoms with Crippen molar-refractivity contribution < 1.29 is 21.6 Å². The smallest absolute Gasteiger partial charge is 0.291 e. The molecule has 0 aromatic carbocycles. The van der Waals surface area contributed by atoms with Crippen molar-refractivity contribution in [1.82, 2.24) is 19.3 Å². The van der Waals surface area contributed by atoms with Gasteiger partial charge in [-0.2, -0.15) is 23.2 Å². The number of alkyl halides is 3. The predicted octanol–water partition coefficient (Wildman–Crippen LogP) is 4.23. The molecule has 3 aromatic rings. The number of halogens is 3. The molecule has 7 nitrogen and oxygen atoms in total. The Morgan fingerprint density at radius 1 is 1.18 bits per heavy atom. The largest absolute Gasteiger partial charge is 0.404 e. The maximum atomic E-state index is 12.9. The van der Waals surface area contributed by atoms with Gasteiger partial charge in [-0.1, -0.05) is 6.08 Å². The van der Waals surface area contributed by atoms with Gasteiger partial charge in [0.1, 0.15) is 22.7 Å². The summed E-state index contributed by atoms with van der Waals surface area (Å²) in [6, 6.07) is 3.19. The summed E-state index contributed by atoms with van der Waals surface area (Å²) in [6.45, 7) is 4.03. The molecule has 3 heterocycles. The highest BCUT2D eigenvalue weighted by Crippen LogP contribution is 2.37. The molecule has 0 saturated carbocycles. The van der Waals surface area contributed by atoms with Gasteiger partial charge in [0.2, 0.25) is 10.0 Å². The molecule has 3 aromatic heterocycles. The number of nitrogens with zero attached hydrogens (tertiary/aromatic N) is 4. The molecular formula is C22H18F3N5O2S. The van der Waals surface area contributed by atoms with Crippen LogP contribution in [-0.2, 0) is 10.0 Å². The third-order valence-corrected chi connectivity index (χ3v) is 6.94. The van der Waals surface area contributed by atoms with Crippen molar-refractivity contribution in [2.45, 2.75) is 37.9 Å². The number of sulfonamides is 1. The van der Waals surface area contributed by atoms with E-state index in [2.05, 4.69) is 16.0 Å². The van der Waals surface area contributed by atoms with Crippen molar-refractivity contribution in [3.63, 3.8) is 0 Å². The van der Waals surface area contributed by atoms with E-state index in [0.717, 1.165) is 24.4 Å². The van der Waals surface area contributed by atoms with Crippen molar-refractivity contribution >= 4 is 26.8 Å². The Balaban J connectivity index is 1.87. The van der Waals surface area contributed by atoms with Crippen molar-refractivity contribution in [2.75, 3.05) is 0 Å². The second kappa shape index (κ2) is 7.83. The molecule has 1 aliphatic carbocycles. The maximum absolute atomic E-state index is 12.9. The van der Waals surface area contributed by atoms with Crippen LogP contribution < -0.4 is 4.72 Å². The van der Waals surface area contributed by atoms with Crippen molar-refractivity contribution in [3.05, 3.63) is 59.4 Å². The number of rotatable bonds is 5. The van der Waals surface area contributed by atoms with Crippen LogP contribution >= 0.6 is 0 Å². The Morgan fingerprint density at radius 3 is 2.42 bits per heavy atom. The molecule has 1 aliphatic rings. The highest BCUT2D eigenvalue weighted by Gasteiger charge is 2.39. The summed E-state index contributed by atoms with van der Waals surface area (Å²) in [5.74, 6) is 0. The molecule has 0 amide bonds. The minimum absolute atomic E-state index is 0.185. The Bertz CT molecular complexity index is 1490. The van der Waals surface area contributed by atoms with E-state index in [9.17, 15) is 26.9 Å². The van der Waals surface area contributed by atoms with Crippen molar-refractivity contribution in [2.24, 2.45) is 0 Å². The van der Waals surface area contributed by atoms with Crippen molar-refractivity contribution in [3.8, 4) is 17.5 Å². The normalized spacial score (nSPS) is 14.6. The first-order valence-corrected chi connectivity index (χ1v) is 11.3. The van der Waals surface area contributed by atoms with E-state index < -0.39 is 22.2 Å². The molecular weight excluding hydrogens is 455 g/mol. The van der Waals surface area contributed by atoms with Gasteiger partial charge in [0, 0.05) is 23.5 Å². The van der Waals surface area contributed by atoms with E-state index in [-0.39, 0.29) is 10.5 Å². The number of fused-ring (bicyclic) bond motifs is 1. The molecule has 0 fully saturated rings. The highest BCUT2D eigenvalue weighted by molar-refractivity contribution is 7.89. The standard InChI is InChI=1S/C22H18F3N5O2S/c1-12-7-16-17(9-26)20(30(15-5-4-6-15)21(16)28-10-12)18-8-13(2)19(11-27-18)33(31,32)29-14(3)22(23,24)25/h4-8,10-11,14,29H,1-3H3. The highest BCUT2D eigenvalue weighted by atomic mass is 32.2. The zero-order chi connectivity index (χ0) is 24.1. The van der Waals surface area contributed by atoms with Gasteiger partial charge in [-0.05, 0) is 56.2 Å². The third kappa shape index (κ3) is 3.92. The molecule has 11 heteroatoms. The number of hydrogen-bond acceptors (Lipinski definition) is 5. The molecule has 0 aliphatic heterocycles. The predicted molar refractivity (Wildman–Crippen MR) is 116 cm³/mol. The van der Waals surface area contributed by atoms with Gasteiger partial charge >= 0.3 is 6.18 Å². The molecule has 0 bridgehead atoms. The minimum Gasteiger partial charge on any atom is -0.291 e. The molecule has 0 radical (unpaired) electrons. The van der Waals surface area contributed by atoms with Crippen LogP contribution in [0.4, 0.5) is 13.2 Å². The van der Waals surface area contributed by atoms with Crippen LogP contribution in [0.1, 0.15) is 23.6 Å². The maximum Gasteiger partial charge on any atom is 0.404 e. The molecule has 170 valence electrons. The second-order valence-corrected chi connectivity index (χ2v) is 9.41. The van der Waals surface area contributed by atoms with Crippen LogP contribution in [0.25, 0.3) is 28.1 Å². The lowest BCUT2D eigenvalue weighted by Gasteiger charge is -2.18. The van der Waals surface area contributed by atoms with E-state index in [1.165, 1.54) is 13.0 Å². The quantitative estimate of drug-likeness (QED) is 0.598. The van der Waals surface area contributed by atoms with E-state index in [1.807, 2.05) is 31.2 Å².